The van der Waals surface area contributed by atoms with Crippen molar-refractivity contribution in [1.82, 2.24) is 4.90 Å². The maximum atomic E-state index is 10.6. The van der Waals surface area contributed by atoms with Gasteiger partial charge < -0.3 is 14.6 Å². The largest absolute Gasteiger partial charge is 0.493 e. The van der Waals surface area contributed by atoms with Gasteiger partial charge in [-0.05, 0) is 37.0 Å². The predicted molar refractivity (Wildman–Crippen MR) is 104 cm³/mol. The molecule has 2 aromatic rings. The predicted octanol–water partition coefficient (Wildman–Crippen LogP) is 3.52. The first-order valence-electron chi connectivity index (χ1n) is 9.44. The highest BCUT2D eigenvalue weighted by atomic mass is 16.5. The second-order valence-corrected chi connectivity index (χ2v) is 6.92. The Labute approximate surface area is 156 Å². The molecule has 1 saturated heterocycles. The number of piperidine rings is 1. The molecule has 2 unspecified atom stereocenters. The lowest BCUT2D eigenvalue weighted by atomic mass is 9.88. The summed E-state index contributed by atoms with van der Waals surface area (Å²) in [7, 11) is 1.68. The Balaban J connectivity index is 1.71. The Morgan fingerprint density at radius 2 is 1.92 bits per heavy atom. The van der Waals surface area contributed by atoms with E-state index in [4.69, 9.17) is 9.47 Å². The number of para-hydroxylation sites is 1. The zero-order valence-corrected chi connectivity index (χ0v) is 15.7. The molecule has 1 aliphatic rings. The quantitative estimate of drug-likeness (QED) is 0.825. The fourth-order valence-corrected chi connectivity index (χ4v) is 3.79. The molecule has 0 saturated carbocycles. The van der Waals surface area contributed by atoms with Crippen molar-refractivity contribution in [3.8, 4) is 11.5 Å². The molecule has 26 heavy (non-hydrogen) atoms. The van der Waals surface area contributed by atoms with E-state index in [2.05, 4.69) is 35.2 Å². The zero-order valence-electron chi connectivity index (χ0n) is 15.7. The number of hydrogen-bond donors (Lipinski definition) is 1. The second kappa shape index (κ2) is 9.06. The van der Waals surface area contributed by atoms with E-state index >= 15 is 0 Å². The average Bonchev–Trinajstić information content (AvgIpc) is 2.66. The summed E-state index contributed by atoms with van der Waals surface area (Å²) in [6.07, 6.45) is 1.32. The summed E-state index contributed by atoms with van der Waals surface area (Å²) in [6.45, 7) is 5.33. The monoisotopic (exact) mass is 355 g/mol. The standard InChI is InChI=1S/C22H29NO3/c1-3-26-21-11-7-10-18(22(21)25-2)14-19-16-23(13-12-20(19)24)15-17-8-5-4-6-9-17/h4-11,19-20,24H,3,12-16H2,1-2H3. The van der Waals surface area contributed by atoms with Crippen LogP contribution in [-0.4, -0.2) is 42.9 Å². The summed E-state index contributed by atoms with van der Waals surface area (Å²) in [6, 6.07) is 16.5. The first-order valence-corrected chi connectivity index (χ1v) is 9.44. The van der Waals surface area contributed by atoms with E-state index in [0.717, 1.165) is 49.5 Å². The highest BCUT2D eigenvalue weighted by Gasteiger charge is 2.29. The van der Waals surface area contributed by atoms with Crippen molar-refractivity contribution in [3.63, 3.8) is 0 Å². The molecule has 3 rings (SSSR count). The minimum Gasteiger partial charge on any atom is -0.493 e. The summed E-state index contributed by atoms with van der Waals surface area (Å²) >= 11 is 0. The second-order valence-electron chi connectivity index (χ2n) is 6.92. The van der Waals surface area contributed by atoms with Crippen molar-refractivity contribution >= 4 is 0 Å². The van der Waals surface area contributed by atoms with Gasteiger partial charge in [0.05, 0.1) is 19.8 Å². The normalized spacial score (nSPS) is 20.7. The Kier molecular flexibility index (Phi) is 6.53. The molecule has 1 fully saturated rings. The van der Waals surface area contributed by atoms with Gasteiger partial charge in [-0.25, -0.2) is 0 Å². The molecule has 0 radical (unpaired) electrons. The highest BCUT2D eigenvalue weighted by molar-refractivity contribution is 5.47. The van der Waals surface area contributed by atoms with Crippen molar-refractivity contribution in [2.75, 3.05) is 26.8 Å². The van der Waals surface area contributed by atoms with Gasteiger partial charge >= 0.3 is 0 Å². The highest BCUT2D eigenvalue weighted by Crippen LogP contribution is 2.34. The van der Waals surface area contributed by atoms with E-state index in [1.165, 1.54) is 5.56 Å². The summed E-state index contributed by atoms with van der Waals surface area (Å²) < 4.78 is 11.3. The Morgan fingerprint density at radius 1 is 1.12 bits per heavy atom. The molecule has 1 aliphatic heterocycles. The van der Waals surface area contributed by atoms with Crippen LogP contribution >= 0.6 is 0 Å². The van der Waals surface area contributed by atoms with Gasteiger partial charge in [-0.3, -0.25) is 4.90 Å². The van der Waals surface area contributed by atoms with Crippen LogP contribution in [0.3, 0.4) is 0 Å². The molecule has 4 heteroatoms. The summed E-state index contributed by atoms with van der Waals surface area (Å²) in [5.41, 5.74) is 2.42. The van der Waals surface area contributed by atoms with Crippen LogP contribution in [-0.2, 0) is 13.0 Å². The molecule has 4 nitrogen and oxygen atoms in total. The minimum atomic E-state index is -0.275. The number of nitrogens with zero attached hydrogens (tertiary/aromatic N) is 1. The van der Waals surface area contributed by atoms with Crippen molar-refractivity contribution < 1.29 is 14.6 Å². The number of methoxy groups -OCH3 is 1. The van der Waals surface area contributed by atoms with Gasteiger partial charge in [-0.1, -0.05) is 42.5 Å². The number of aliphatic hydroxyl groups excluding tert-OH is 1. The minimum absolute atomic E-state index is 0.193. The van der Waals surface area contributed by atoms with Crippen LogP contribution in [0.15, 0.2) is 48.5 Å². The van der Waals surface area contributed by atoms with Crippen molar-refractivity contribution in [3.05, 3.63) is 59.7 Å². The van der Waals surface area contributed by atoms with Crippen molar-refractivity contribution in [2.45, 2.75) is 32.4 Å². The molecule has 2 atom stereocenters. The average molecular weight is 355 g/mol. The van der Waals surface area contributed by atoms with Crippen molar-refractivity contribution in [1.29, 1.82) is 0 Å². The molecule has 2 aromatic carbocycles. The number of aliphatic hydroxyl groups is 1. The maximum Gasteiger partial charge on any atom is 0.163 e. The Hall–Kier alpha value is -2.04. The lowest BCUT2D eigenvalue weighted by molar-refractivity contribution is 0.0237. The molecular formula is C22H29NO3. The van der Waals surface area contributed by atoms with Crippen LogP contribution < -0.4 is 9.47 Å². The number of rotatable bonds is 7. The maximum absolute atomic E-state index is 10.6. The molecule has 0 bridgehead atoms. The summed E-state index contributed by atoms with van der Waals surface area (Å²) in [5.74, 6) is 1.76. The topological polar surface area (TPSA) is 41.9 Å². The van der Waals surface area contributed by atoms with Gasteiger partial charge in [0, 0.05) is 25.6 Å². The molecule has 0 aromatic heterocycles. The molecule has 0 spiro atoms. The number of ether oxygens (including phenoxy) is 2. The summed E-state index contributed by atoms with van der Waals surface area (Å²) in [5, 5.41) is 10.6. The van der Waals surface area contributed by atoms with Gasteiger partial charge in [0.15, 0.2) is 11.5 Å². The lowest BCUT2D eigenvalue weighted by Gasteiger charge is -2.36. The SMILES string of the molecule is CCOc1cccc(CC2CN(Cc3ccccc3)CCC2O)c1OC. The van der Waals surface area contributed by atoms with E-state index in [0.29, 0.717) is 6.61 Å². The molecule has 1 N–H and O–H groups in total. The molecule has 140 valence electrons. The van der Waals surface area contributed by atoms with Crippen LogP contribution in [0.1, 0.15) is 24.5 Å². The van der Waals surface area contributed by atoms with Crippen LogP contribution in [0.5, 0.6) is 11.5 Å². The van der Waals surface area contributed by atoms with E-state index in [-0.39, 0.29) is 12.0 Å². The zero-order chi connectivity index (χ0) is 18.4. The van der Waals surface area contributed by atoms with Crippen LogP contribution in [0.4, 0.5) is 0 Å². The lowest BCUT2D eigenvalue weighted by Crippen LogP contribution is -2.43. The van der Waals surface area contributed by atoms with E-state index < -0.39 is 0 Å². The number of benzene rings is 2. The summed E-state index contributed by atoms with van der Waals surface area (Å²) in [4.78, 5) is 2.44. The van der Waals surface area contributed by atoms with Crippen LogP contribution in [0, 0.1) is 5.92 Å². The molecule has 1 heterocycles. The first kappa shape index (κ1) is 18.7. The Bertz CT molecular complexity index is 689. The van der Waals surface area contributed by atoms with Crippen LogP contribution in [0.2, 0.25) is 0 Å². The molecular weight excluding hydrogens is 326 g/mol. The third-order valence-electron chi connectivity index (χ3n) is 5.07. The van der Waals surface area contributed by atoms with Gasteiger partial charge in [-0.2, -0.15) is 0 Å². The Morgan fingerprint density at radius 3 is 2.65 bits per heavy atom. The first-order chi connectivity index (χ1) is 12.7. The molecule has 0 aliphatic carbocycles. The van der Waals surface area contributed by atoms with Gasteiger partial charge in [0.25, 0.3) is 0 Å². The van der Waals surface area contributed by atoms with Gasteiger partial charge in [-0.15, -0.1) is 0 Å². The fraction of sp³-hybridized carbons (Fsp3) is 0.455. The fourth-order valence-electron chi connectivity index (χ4n) is 3.79. The molecule has 0 amide bonds. The number of likely N-dealkylation sites (tertiary alicyclic amines) is 1. The van der Waals surface area contributed by atoms with E-state index in [1.54, 1.807) is 7.11 Å². The third-order valence-corrected chi connectivity index (χ3v) is 5.07. The number of hydrogen-bond acceptors (Lipinski definition) is 4. The third kappa shape index (κ3) is 4.57. The van der Waals surface area contributed by atoms with Crippen LogP contribution in [0.25, 0.3) is 0 Å². The van der Waals surface area contributed by atoms with Crippen molar-refractivity contribution in [2.24, 2.45) is 5.92 Å². The van der Waals surface area contributed by atoms with E-state index in [9.17, 15) is 5.11 Å². The van der Waals surface area contributed by atoms with Gasteiger partial charge in [0.2, 0.25) is 0 Å². The smallest absolute Gasteiger partial charge is 0.163 e. The van der Waals surface area contributed by atoms with Gasteiger partial charge in [0.1, 0.15) is 0 Å². The van der Waals surface area contributed by atoms with E-state index in [1.807, 2.05) is 25.1 Å².